The normalized spacial score (nSPS) is 15.5. The van der Waals surface area contributed by atoms with E-state index in [1.54, 1.807) is 0 Å². The lowest BCUT2D eigenvalue weighted by Crippen LogP contribution is -2.49. The van der Waals surface area contributed by atoms with Crippen LogP contribution in [0.25, 0.3) is 0 Å². The topological polar surface area (TPSA) is 48.5 Å². The number of nitrogens with one attached hydrogen (secondary N) is 1. The molecule has 2 rings (SSSR count). The molecule has 0 bridgehead atoms. The Balaban J connectivity index is 1.80. The lowest BCUT2D eigenvalue weighted by atomic mass is 10.2. The van der Waals surface area contributed by atoms with Crippen LogP contribution in [0.3, 0.4) is 0 Å². The number of hydrogen-bond donors (Lipinski definition) is 1. The number of carbonyl (C=O) groups is 1. The molecular formula is C14H21BrN4O. The summed E-state index contributed by atoms with van der Waals surface area (Å²) in [5.74, 6) is 1.22. The molecule has 1 saturated heterocycles. The van der Waals surface area contributed by atoms with Crippen LogP contribution in [0.2, 0.25) is 0 Å². The number of nitrogens with zero attached hydrogens (tertiary/aromatic N) is 3. The fraction of sp³-hybridized carbons (Fsp3) is 0.571. The zero-order valence-electron chi connectivity index (χ0n) is 11.8. The number of pyridine rings is 1. The average Bonchev–Trinajstić information content (AvgIpc) is 2.48. The van der Waals surface area contributed by atoms with Crippen molar-refractivity contribution in [3.05, 3.63) is 22.8 Å². The Morgan fingerprint density at radius 3 is 2.70 bits per heavy atom. The molecule has 1 N–H and O–H groups in total. The lowest BCUT2D eigenvalue weighted by molar-refractivity contribution is -0.131. The second-order valence-corrected chi connectivity index (χ2v) is 5.72. The van der Waals surface area contributed by atoms with Crippen molar-refractivity contribution in [2.24, 2.45) is 0 Å². The second kappa shape index (κ2) is 7.59. The molecule has 0 atom stereocenters. The van der Waals surface area contributed by atoms with E-state index in [1.165, 1.54) is 0 Å². The van der Waals surface area contributed by atoms with Crippen molar-refractivity contribution in [1.29, 1.82) is 0 Å². The van der Waals surface area contributed by atoms with Crippen LogP contribution >= 0.6 is 15.9 Å². The van der Waals surface area contributed by atoms with E-state index in [-0.39, 0.29) is 5.91 Å². The predicted octanol–water partition coefficient (Wildman–Crippen LogP) is 1.49. The summed E-state index contributed by atoms with van der Waals surface area (Å²) in [6, 6.07) is 4.00. The third-order valence-electron chi connectivity index (χ3n) is 3.43. The van der Waals surface area contributed by atoms with E-state index in [0.717, 1.165) is 49.6 Å². The third kappa shape index (κ3) is 4.18. The van der Waals surface area contributed by atoms with E-state index in [4.69, 9.17) is 0 Å². The van der Waals surface area contributed by atoms with Crippen LogP contribution in [0.1, 0.15) is 13.3 Å². The fourth-order valence-electron chi connectivity index (χ4n) is 2.27. The maximum Gasteiger partial charge on any atom is 0.223 e. The summed E-state index contributed by atoms with van der Waals surface area (Å²) >= 11 is 3.39. The maximum absolute atomic E-state index is 12.0. The van der Waals surface area contributed by atoms with Gasteiger partial charge in [-0.25, -0.2) is 4.98 Å². The molecule has 1 aromatic rings. The van der Waals surface area contributed by atoms with Crippen molar-refractivity contribution in [2.75, 3.05) is 44.2 Å². The van der Waals surface area contributed by atoms with Crippen molar-refractivity contribution in [3.63, 3.8) is 0 Å². The summed E-state index contributed by atoms with van der Waals surface area (Å²) in [4.78, 5) is 20.6. The zero-order chi connectivity index (χ0) is 14.4. The summed E-state index contributed by atoms with van der Waals surface area (Å²) in [6.07, 6.45) is 2.40. The first kappa shape index (κ1) is 15.3. The molecule has 1 aliphatic heterocycles. The highest BCUT2D eigenvalue weighted by Gasteiger charge is 2.21. The fourth-order valence-corrected chi connectivity index (χ4v) is 2.50. The lowest BCUT2D eigenvalue weighted by Gasteiger charge is -2.35. The molecular weight excluding hydrogens is 320 g/mol. The van der Waals surface area contributed by atoms with Crippen LogP contribution in [0.4, 0.5) is 5.82 Å². The highest BCUT2D eigenvalue weighted by Crippen LogP contribution is 2.16. The molecule has 20 heavy (non-hydrogen) atoms. The van der Waals surface area contributed by atoms with Crippen molar-refractivity contribution < 1.29 is 4.79 Å². The molecule has 1 aromatic heterocycles. The highest BCUT2D eigenvalue weighted by atomic mass is 79.9. The van der Waals surface area contributed by atoms with E-state index >= 15 is 0 Å². The van der Waals surface area contributed by atoms with Gasteiger partial charge >= 0.3 is 0 Å². The molecule has 0 saturated carbocycles. The van der Waals surface area contributed by atoms with Gasteiger partial charge in [-0.2, -0.15) is 0 Å². The summed E-state index contributed by atoms with van der Waals surface area (Å²) in [7, 11) is 0. The maximum atomic E-state index is 12.0. The van der Waals surface area contributed by atoms with E-state index in [0.29, 0.717) is 6.42 Å². The van der Waals surface area contributed by atoms with Gasteiger partial charge in [0, 0.05) is 49.8 Å². The Kier molecular flexibility index (Phi) is 5.79. The van der Waals surface area contributed by atoms with E-state index in [1.807, 2.05) is 23.2 Å². The molecule has 2 heterocycles. The molecule has 1 fully saturated rings. The average molecular weight is 341 g/mol. The molecule has 0 unspecified atom stereocenters. The van der Waals surface area contributed by atoms with Crippen LogP contribution in [-0.4, -0.2) is 55.1 Å². The number of aromatic nitrogens is 1. The molecule has 5 nitrogen and oxygen atoms in total. The molecule has 0 spiro atoms. The Morgan fingerprint density at radius 1 is 1.35 bits per heavy atom. The second-order valence-electron chi connectivity index (χ2n) is 4.81. The summed E-state index contributed by atoms with van der Waals surface area (Å²) < 4.78 is 0.985. The minimum absolute atomic E-state index is 0.245. The minimum Gasteiger partial charge on any atom is -0.353 e. The van der Waals surface area contributed by atoms with Gasteiger partial charge in [0.25, 0.3) is 0 Å². The summed E-state index contributed by atoms with van der Waals surface area (Å²) in [5, 5.41) is 3.19. The third-order valence-corrected chi connectivity index (χ3v) is 3.90. The van der Waals surface area contributed by atoms with E-state index < -0.39 is 0 Å². The van der Waals surface area contributed by atoms with Crippen molar-refractivity contribution in [2.45, 2.75) is 13.3 Å². The number of hydrogen-bond acceptors (Lipinski definition) is 4. The molecule has 1 amide bonds. The largest absolute Gasteiger partial charge is 0.353 e. The Labute approximate surface area is 128 Å². The molecule has 0 aliphatic carbocycles. The van der Waals surface area contributed by atoms with E-state index in [2.05, 4.69) is 38.1 Å². The predicted molar refractivity (Wildman–Crippen MR) is 83.9 cm³/mol. The van der Waals surface area contributed by atoms with Crippen molar-refractivity contribution in [3.8, 4) is 0 Å². The number of rotatable bonds is 5. The van der Waals surface area contributed by atoms with Gasteiger partial charge in [-0.15, -0.1) is 0 Å². The van der Waals surface area contributed by atoms with Gasteiger partial charge in [0.05, 0.1) is 0 Å². The van der Waals surface area contributed by atoms with Gasteiger partial charge in [-0.1, -0.05) is 6.92 Å². The Bertz CT molecular complexity index is 429. The van der Waals surface area contributed by atoms with Gasteiger partial charge in [-0.05, 0) is 34.6 Å². The molecule has 110 valence electrons. The zero-order valence-corrected chi connectivity index (χ0v) is 13.4. The Morgan fingerprint density at radius 2 is 2.10 bits per heavy atom. The SMILES string of the molecule is CCNCCC(=O)N1CCN(c2ccc(Br)cn2)CC1. The van der Waals surface area contributed by atoms with Crippen LogP contribution < -0.4 is 10.2 Å². The van der Waals surface area contributed by atoms with Gasteiger partial charge in [0.15, 0.2) is 0 Å². The monoisotopic (exact) mass is 340 g/mol. The molecule has 1 aliphatic rings. The van der Waals surface area contributed by atoms with Gasteiger partial charge in [0.1, 0.15) is 5.82 Å². The van der Waals surface area contributed by atoms with Gasteiger partial charge in [-0.3, -0.25) is 4.79 Å². The first-order chi connectivity index (χ1) is 9.70. The van der Waals surface area contributed by atoms with Gasteiger partial charge in [0.2, 0.25) is 5.91 Å². The number of halogens is 1. The first-order valence-electron chi connectivity index (χ1n) is 7.05. The molecule has 0 aromatic carbocycles. The molecule has 0 radical (unpaired) electrons. The summed E-state index contributed by atoms with van der Waals surface area (Å²) in [6.45, 7) is 6.99. The standard InChI is InChI=1S/C14H21BrN4O/c1-2-16-6-5-14(20)19-9-7-18(8-10-19)13-4-3-12(15)11-17-13/h3-4,11,16H,2,5-10H2,1H3. The van der Waals surface area contributed by atoms with Crippen LogP contribution in [0.5, 0.6) is 0 Å². The van der Waals surface area contributed by atoms with Crippen molar-refractivity contribution >= 4 is 27.7 Å². The van der Waals surface area contributed by atoms with Crippen LogP contribution in [-0.2, 0) is 4.79 Å². The molecule has 6 heteroatoms. The smallest absolute Gasteiger partial charge is 0.223 e. The van der Waals surface area contributed by atoms with Crippen LogP contribution in [0.15, 0.2) is 22.8 Å². The number of piperazine rings is 1. The minimum atomic E-state index is 0.245. The quantitative estimate of drug-likeness (QED) is 0.825. The number of carbonyl (C=O) groups excluding carboxylic acids is 1. The number of anilines is 1. The van der Waals surface area contributed by atoms with Crippen molar-refractivity contribution in [1.82, 2.24) is 15.2 Å². The first-order valence-corrected chi connectivity index (χ1v) is 7.85. The Hall–Kier alpha value is -1.14. The summed E-state index contributed by atoms with van der Waals surface area (Å²) in [5.41, 5.74) is 0. The number of amides is 1. The van der Waals surface area contributed by atoms with E-state index in [9.17, 15) is 4.79 Å². The van der Waals surface area contributed by atoms with Crippen LogP contribution in [0, 0.1) is 0 Å². The van der Waals surface area contributed by atoms with Gasteiger partial charge < -0.3 is 15.1 Å². The highest BCUT2D eigenvalue weighted by molar-refractivity contribution is 9.10.